The number of Topliss-reactive ketones (excluding diaryl/α,β-unsaturated/α-hetero) is 1. The van der Waals surface area contributed by atoms with E-state index in [0.717, 1.165) is 5.56 Å². The molecule has 0 aliphatic carbocycles. The molecule has 3 N–H and O–H groups in total. The van der Waals surface area contributed by atoms with Gasteiger partial charge in [-0.3, -0.25) is 24.0 Å². The summed E-state index contributed by atoms with van der Waals surface area (Å²) in [6.45, 7) is 16.1. The first kappa shape index (κ1) is 36.4. The number of ketones is 1. The third-order valence-corrected chi connectivity index (χ3v) is 14.1. The average molecular weight is 643 g/mol. The largest absolute Gasteiger partial charge is 0.407 e. The maximum absolute atomic E-state index is 13.8. The van der Waals surface area contributed by atoms with Gasteiger partial charge in [0.1, 0.15) is 29.8 Å². The first-order chi connectivity index (χ1) is 20.9. The molecular weight excluding hydrogens is 588 g/mol. The molecule has 2 aliphatic heterocycles. The molecule has 11 heteroatoms. The Balaban J connectivity index is 1.66. The van der Waals surface area contributed by atoms with Crippen LogP contribution in [0.2, 0.25) is 18.1 Å². The monoisotopic (exact) mass is 642 g/mol. The zero-order valence-electron chi connectivity index (χ0n) is 28.5. The van der Waals surface area contributed by atoms with Crippen LogP contribution in [0.5, 0.6) is 0 Å². The Kier molecular flexibility index (Phi) is 12.2. The lowest BCUT2D eigenvalue weighted by Gasteiger charge is -2.38. The molecule has 0 unspecified atom stereocenters. The highest BCUT2D eigenvalue weighted by Crippen LogP contribution is 2.37. The summed E-state index contributed by atoms with van der Waals surface area (Å²) in [5.74, 6) is -1.52. The Morgan fingerprint density at radius 3 is 2.31 bits per heavy atom. The third kappa shape index (κ3) is 9.72. The molecule has 2 heterocycles. The minimum atomic E-state index is -2.06. The van der Waals surface area contributed by atoms with Crippen LogP contribution < -0.4 is 16.0 Å². The van der Waals surface area contributed by atoms with Gasteiger partial charge in [0.25, 0.3) is 0 Å². The zero-order valence-corrected chi connectivity index (χ0v) is 29.5. The van der Waals surface area contributed by atoms with Crippen molar-refractivity contribution in [2.45, 2.75) is 141 Å². The lowest BCUT2D eigenvalue weighted by molar-refractivity contribution is -0.144. The van der Waals surface area contributed by atoms with Gasteiger partial charge < -0.3 is 25.3 Å². The molecule has 0 saturated carbocycles. The van der Waals surface area contributed by atoms with Crippen LogP contribution in [0.4, 0.5) is 0 Å². The molecule has 1 aromatic rings. The number of carbonyl (C=O) groups is 5. The molecule has 2 aliphatic rings. The lowest BCUT2D eigenvalue weighted by Crippen LogP contribution is -2.64. The Morgan fingerprint density at radius 2 is 1.67 bits per heavy atom. The molecule has 2 saturated heterocycles. The fourth-order valence-corrected chi connectivity index (χ4v) is 6.96. The van der Waals surface area contributed by atoms with Gasteiger partial charge in [-0.2, -0.15) is 0 Å². The molecule has 250 valence electrons. The van der Waals surface area contributed by atoms with E-state index in [1.807, 2.05) is 37.3 Å². The molecule has 45 heavy (non-hydrogen) atoms. The molecule has 0 spiro atoms. The highest BCUT2D eigenvalue weighted by Gasteiger charge is 2.42. The number of nitrogens with one attached hydrogen (secondary N) is 3. The van der Waals surface area contributed by atoms with Crippen LogP contribution in [0.15, 0.2) is 30.3 Å². The van der Waals surface area contributed by atoms with Crippen molar-refractivity contribution in [3.8, 4) is 0 Å². The second kappa shape index (κ2) is 15.0. The fourth-order valence-electron chi connectivity index (χ4n) is 5.59. The van der Waals surface area contributed by atoms with Crippen LogP contribution in [0.3, 0.4) is 0 Å². The number of benzene rings is 1. The van der Waals surface area contributed by atoms with Crippen LogP contribution in [-0.4, -0.2) is 78.9 Å². The van der Waals surface area contributed by atoms with Gasteiger partial charge in [-0.1, -0.05) is 63.9 Å². The molecular formula is C34H54N4O6Si. The number of hydrogen-bond donors (Lipinski definition) is 3. The smallest absolute Gasteiger partial charge is 0.246 e. The Morgan fingerprint density at radius 1 is 1.00 bits per heavy atom. The Labute approximate surface area is 269 Å². The Bertz CT molecular complexity index is 1230. The summed E-state index contributed by atoms with van der Waals surface area (Å²) in [5.41, 5.74) is -0.449. The third-order valence-electron chi connectivity index (χ3n) is 9.51. The number of fused-ring (bicyclic) bond motifs is 1. The molecule has 4 amide bonds. The molecule has 4 atom stereocenters. The van der Waals surface area contributed by atoms with Crippen LogP contribution in [0.1, 0.15) is 92.1 Å². The lowest BCUT2D eigenvalue weighted by atomic mass is 9.98. The maximum Gasteiger partial charge on any atom is 0.246 e. The molecule has 10 nitrogen and oxygen atoms in total. The standard InChI is InChI=1S/C34H54N4O6Si/c1-23(44-45(7,8)33(2,3)4)28(39)20-14-10-13-18-25-29(40)37-34(5,6)32(43)36-26(22-24-16-11-9-12-17-24)31(42)38-21-15-19-27(38)30(41)35-25/h9,11-12,16-17,23,25-27H,10,13-15,18-22H2,1-8H3,(H,35,41)(H,36,43)(H,37,40)/t23-,25+,26+,27-/m1/s1. The topological polar surface area (TPSA) is 134 Å². The number of rotatable bonds is 11. The number of nitrogens with zero attached hydrogens (tertiary/aromatic N) is 1. The molecule has 2 fully saturated rings. The quantitative estimate of drug-likeness (QED) is 0.247. The summed E-state index contributed by atoms with van der Waals surface area (Å²) in [6, 6.07) is 6.94. The predicted octanol–water partition coefficient (Wildman–Crippen LogP) is 4.03. The average Bonchev–Trinajstić information content (AvgIpc) is 3.44. The van der Waals surface area contributed by atoms with Gasteiger partial charge in [0.2, 0.25) is 23.6 Å². The summed E-state index contributed by atoms with van der Waals surface area (Å²) in [5, 5.41) is 8.58. The highest BCUT2D eigenvalue weighted by atomic mass is 28.4. The number of amides is 4. The van der Waals surface area contributed by atoms with Crippen LogP contribution in [0.25, 0.3) is 0 Å². The van der Waals surface area contributed by atoms with Crippen molar-refractivity contribution in [1.29, 1.82) is 0 Å². The predicted molar refractivity (Wildman–Crippen MR) is 177 cm³/mol. The van der Waals surface area contributed by atoms with Crippen molar-refractivity contribution < 1.29 is 28.4 Å². The molecule has 3 rings (SSSR count). The van der Waals surface area contributed by atoms with Gasteiger partial charge in [-0.25, -0.2) is 0 Å². The minimum Gasteiger partial charge on any atom is -0.407 e. The summed E-state index contributed by atoms with van der Waals surface area (Å²) in [6.07, 6.45) is 3.62. The second-order valence-corrected chi connectivity index (χ2v) is 19.4. The molecule has 1 aromatic carbocycles. The van der Waals surface area contributed by atoms with Crippen molar-refractivity contribution in [3.63, 3.8) is 0 Å². The Hall–Kier alpha value is -3.05. The van der Waals surface area contributed by atoms with E-state index < -0.39 is 49.9 Å². The molecule has 0 radical (unpaired) electrons. The summed E-state index contributed by atoms with van der Waals surface area (Å²) in [4.78, 5) is 68.6. The van der Waals surface area contributed by atoms with E-state index in [1.54, 1.807) is 18.7 Å². The van der Waals surface area contributed by atoms with E-state index in [-0.39, 0.29) is 29.1 Å². The van der Waals surface area contributed by atoms with Gasteiger partial charge >= 0.3 is 0 Å². The van der Waals surface area contributed by atoms with Crippen molar-refractivity contribution >= 4 is 37.7 Å². The van der Waals surface area contributed by atoms with Gasteiger partial charge in [0.05, 0.1) is 0 Å². The van der Waals surface area contributed by atoms with Crippen molar-refractivity contribution in [1.82, 2.24) is 20.9 Å². The van der Waals surface area contributed by atoms with E-state index >= 15 is 0 Å². The number of carbonyl (C=O) groups excluding carboxylic acids is 5. The normalized spacial score (nSPS) is 23.6. The summed E-state index contributed by atoms with van der Waals surface area (Å²) < 4.78 is 6.24. The fraction of sp³-hybridized carbons (Fsp3) is 0.676. The van der Waals surface area contributed by atoms with E-state index in [4.69, 9.17) is 4.43 Å². The first-order valence-corrected chi connectivity index (χ1v) is 19.3. The molecule has 0 aromatic heterocycles. The van der Waals surface area contributed by atoms with Gasteiger partial charge in [0, 0.05) is 19.4 Å². The van der Waals surface area contributed by atoms with Gasteiger partial charge in [-0.05, 0) is 70.2 Å². The second-order valence-electron chi connectivity index (χ2n) is 14.7. The van der Waals surface area contributed by atoms with Crippen LogP contribution in [-0.2, 0) is 34.8 Å². The number of hydrogen-bond acceptors (Lipinski definition) is 6. The van der Waals surface area contributed by atoms with Crippen molar-refractivity contribution in [3.05, 3.63) is 35.9 Å². The van der Waals surface area contributed by atoms with Crippen molar-refractivity contribution in [2.24, 2.45) is 0 Å². The van der Waals surface area contributed by atoms with Crippen LogP contribution in [0, 0.1) is 0 Å². The first-order valence-electron chi connectivity index (χ1n) is 16.4. The maximum atomic E-state index is 13.8. The van der Waals surface area contributed by atoms with Gasteiger partial charge in [0.15, 0.2) is 14.1 Å². The van der Waals surface area contributed by atoms with Crippen LogP contribution >= 0.6 is 0 Å². The molecule has 0 bridgehead atoms. The van der Waals surface area contributed by atoms with E-state index in [2.05, 4.69) is 49.8 Å². The number of unbranched alkanes of at least 4 members (excludes halogenated alkanes) is 2. The minimum absolute atomic E-state index is 0.0160. The summed E-state index contributed by atoms with van der Waals surface area (Å²) >= 11 is 0. The van der Waals surface area contributed by atoms with E-state index in [9.17, 15) is 24.0 Å². The SMILES string of the molecule is C[C@@H](O[Si](C)(C)C(C)(C)C)C(=O)CCCCC[C@@H]1NC(=O)[C@H]2CCCN2C(=O)[C@H](Cc2ccccc2)NC(=O)C(C)(C)NC1=O. The zero-order chi connectivity index (χ0) is 33.6. The van der Waals surface area contributed by atoms with Gasteiger partial charge in [-0.15, -0.1) is 0 Å². The van der Waals surface area contributed by atoms with E-state index in [0.29, 0.717) is 51.5 Å². The van der Waals surface area contributed by atoms with E-state index in [1.165, 1.54) is 0 Å². The summed E-state index contributed by atoms with van der Waals surface area (Å²) in [7, 11) is -2.06. The highest BCUT2D eigenvalue weighted by molar-refractivity contribution is 6.74. The van der Waals surface area contributed by atoms with Crippen molar-refractivity contribution in [2.75, 3.05) is 6.54 Å².